The van der Waals surface area contributed by atoms with Crippen LogP contribution >= 0.6 is 11.8 Å². The minimum Gasteiger partial charge on any atom is -0.377 e. The van der Waals surface area contributed by atoms with E-state index in [1.807, 2.05) is 0 Å². The van der Waals surface area contributed by atoms with E-state index in [0.717, 1.165) is 30.9 Å². The summed E-state index contributed by atoms with van der Waals surface area (Å²) in [7, 11) is 0. The number of ether oxygens (including phenoxy) is 1. The highest BCUT2D eigenvalue weighted by Gasteiger charge is 2.23. The first kappa shape index (κ1) is 13.3. The Kier molecular flexibility index (Phi) is 6.69. The maximum atomic E-state index is 5.54. The van der Waals surface area contributed by atoms with Gasteiger partial charge in [-0.1, -0.05) is 13.8 Å². The first-order valence-electron chi connectivity index (χ1n) is 6.14. The van der Waals surface area contributed by atoms with Crippen molar-refractivity contribution in [1.82, 2.24) is 5.32 Å². The van der Waals surface area contributed by atoms with Crippen molar-refractivity contribution in [3.63, 3.8) is 0 Å². The van der Waals surface area contributed by atoms with Gasteiger partial charge in [0.2, 0.25) is 0 Å². The second-order valence-electron chi connectivity index (χ2n) is 4.73. The van der Waals surface area contributed by atoms with Gasteiger partial charge in [0.05, 0.1) is 6.10 Å². The summed E-state index contributed by atoms with van der Waals surface area (Å²) < 4.78 is 5.54. The molecule has 0 aromatic carbocycles. The average Bonchev–Trinajstić information content (AvgIpc) is 2.57. The summed E-state index contributed by atoms with van der Waals surface area (Å²) >= 11 is 2.09. The molecule has 15 heavy (non-hydrogen) atoms. The SMILES string of the molecule is CC(C)CNCCCSC1CCOC1C. The van der Waals surface area contributed by atoms with E-state index in [9.17, 15) is 0 Å². The molecule has 1 N–H and O–H groups in total. The molecule has 0 bridgehead atoms. The predicted octanol–water partition coefficient (Wildman–Crippen LogP) is 2.53. The van der Waals surface area contributed by atoms with Gasteiger partial charge in [-0.3, -0.25) is 0 Å². The second-order valence-corrected chi connectivity index (χ2v) is 6.07. The number of thioether (sulfide) groups is 1. The maximum absolute atomic E-state index is 5.54. The Balaban J connectivity index is 1.88. The first-order chi connectivity index (χ1) is 7.20. The molecular formula is C12H25NOS. The monoisotopic (exact) mass is 231 g/mol. The molecule has 0 saturated carbocycles. The van der Waals surface area contributed by atoms with Crippen molar-refractivity contribution in [2.45, 2.75) is 45.0 Å². The first-order valence-corrected chi connectivity index (χ1v) is 7.19. The van der Waals surface area contributed by atoms with E-state index in [-0.39, 0.29) is 0 Å². The molecule has 90 valence electrons. The van der Waals surface area contributed by atoms with Gasteiger partial charge in [0, 0.05) is 11.9 Å². The topological polar surface area (TPSA) is 21.3 Å². The zero-order chi connectivity index (χ0) is 11.1. The van der Waals surface area contributed by atoms with Crippen molar-refractivity contribution in [2.75, 3.05) is 25.4 Å². The van der Waals surface area contributed by atoms with Crippen molar-refractivity contribution in [1.29, 1.82) is 0 Å². The molecular weight excluding hydrogens is 206 g/mol. The summed E-state index contributed by atoms with van der Waals surface area (Å²) in [6.07, 6.45) is 2.99. The normalized spacial score (nSPS) is 26.4. The van der Waals surface area contributed by atoms with Gasteiger partial charge in [0.25, 0.3) is 0 Å². The molecule has 0 radical (unpaired) electrons. The van der Waals surface area contributed by atoms with Crippen LogP contribution in [0.25, 0.3) is 0 Å². The zero-order valence-corrected chi connectivity index (χ0v) is 11.1. The summed E-state index contributed by atoms with van der Waals surface area (Å²) in [4.78, 5) is 0. The molecule has 1 rings (SSSR count). The largest absolute Gasteiger partial charge is 0.377 e. The molecule has 0 aromatic rings. The lowest BCUT2D eigenvalue weighted by atomic mass is 10.2. The summed E-state index contributed by atoms with van der Waals surface area (Å²) in [5.41, 5.74) is 0. The summed E-state index contributed by atoms with van der Waals surface area (Å²) in [5.74, 6) is 2.03. The fourth-order valence-corrected chi connectivity index (χ4v) is 2.98. The van der Waals surface area contributed by atoms with E-state index in [4.69, 9.17) is 4.74 Å². The van der Waals surface area contributed by atoms with E-state index >= 15 is 0 Å². The molecule has 0 amide bonds. The number of hydrogen-bond donors (Lipinski definition) is 1. The Morgan fingerprint density at radius 2 is 2.27 bits per heavy atom. The molecule has 1 aliphatic rings. The van der Waals surface area contributed by atoms with Crippen molar-refractivity contribution in [3.05, 3.63) is 0 Å². The van der Waals surface area contributed by atoms with Gasteiger partial charge in [0.1, 0.15) is 0 Å². The van der Waals surface area contributed by atoms with Gasteiger partial charge in [-0.15, -0.1) is 0 Å². The van der Waals surface area contributed by atoms with Crippen LogP contribution in [-0.4, -0.2) is 36.8 Å². The fourth-order valence-electron chi connectivity index (χ4n) is 1.75. The van der Waals surface area contributed by atoms with Crippen LogP contribution < -0.4 is 5.32 Å². The molecule has 1 aliphatic heterocycles. The average molecular weight is 231 g/mol. The molecule has 1 fully saturated rings. The molecule has 3 heteroatoms. The van der Waals surface area contributed by atoms with E-state index in [2.05, 4.69) is 37.8 Å². The molecule has 0 aliphatic carbocycles. The number of nitrogens with one attached hydrogen (secondary N) is 1. The van der Waals surface area contributed by atoms with E-state index in [1.54, 1.807) is 0 Å². The van der Waals surface area contributed by atoms with Gasteiger partial charge in [-0.05, 0) is 44.5 Å². The molecule has 2 nitrogen and oxygen atoms in total. The van der Waals surface area contributed by atoms with Crippen molar-refractivity contribution in [3.8, 4) is 0 Å². The minimum absolute atomic E-state index is 0.471. The van der Waals surface area contributed by atoms with Crippen LogP contribution in [0.4, 0.5) is 0 Å². The van der Waals surface area contributed by atoms with Gasteiger partial charge in [-0.2, -0.15) is 11.8 Å². The van der Waals surface area contributed by atoms with Gasteiger partial charge < -0.3 is 10.1 Å². The van der Waals surface area contributed by atoms with Crippen molar-refractivity contribution >= 4 is 11.8 Å². The molecule has 1 saturated heterocycles. The standard InChI is InChI=1S/C12H25NOS/c1-10(2)9-13-6-4-8-15-12-5-7-14-11(12)3/h10-13H,4-9H2,1-3H3. The van der Waals surface area contributed by atoms with Gasteiger partial charge in [0.15, 0.2) is 0 Å². The third kappa shape index (κ3) is 5.79. The van der Waals surface area contributed by atoms with Crippen LogP contribution in [0.1, 0.15) is 33.6 Å². The maximum Gasteiger partial charge on any atom is 0.0666 e. The smallest absolute Gasteiger partial charge is 0.0666 e. The van der Waals surface area contributed by atoms with E-state index in [0.29, 0.717) is 6.10 Å². The summed E-state index contributed by atoms with van der Waals surface area (Å²) in [6, 6.07) is 0. The number of hydrogen-bond acceptors (Lipinski definition) is 3. The Labute approximate surface area is 98.5 Å². The van der Waals surface area contributed by atoms with Crippen LogP contribution in [0.2, 0.25) is 0 Å². The highest BCUT2D eigenvalue weighted by atomic mass is 32.2. The van der Waals surface area contributed by atoms with Crippen molar-refractivity contribution in [2.24, 2.45) is 5.92 Å². The van der Waals surface area contributed by atoms with Crippen LogP contribution in [0, 0.1) is 5.92 Å². The highest BCUT2D eigenvalue weighted by Crippen LogP contribution is 2.26. The molecule has 1 heterocycles. The Morgan fingerprint density at radius 1 is 1.47 bits per heavy atom. The Hall–Kier alpha value is 0.270. The van der Waals surface area contributed by atoms with Crippen molar-refractivity contribution < 1.29 is 4.74 Å². The van der Waals surface area contributed by atoms with Gasteiger partial charge >= 0.3 is 0 Å². The molecule has 2 atom stereocenters. The lowest BCUT2D eigenvalue weighted by molar-refractivity contribution is 0.127. The molecule has 0 aromatic heterocycles. The third-order valence-corrected chi connectivity index (χ3v) is 4.26. The third-order valence-electron chi connectivity index (χ3n) is 2.69. The van der Waals surface area contributed by atoms with Crippen LogP contribution in [0.5, 0.6) is 0 Å². The minimum atomic E-state index is 0.471. The van der Waals surface area contributed by atoms with Gasteiger partial charge in [-0.25, -0.2) is 0 Å². The highest BCUT2D eigenvalue weighted by molar-refractivity contribution is 7.99. The second kappa shape index (κ2) is 7.53. The van der Waals surface area contributed by atoms with Crippen LogP contribution in [0.15, 0.2) is 0 Å². The molecule has 0 spiro atoms. The van der Waals surface area contributed by atoms with E-state index < -0.39 is 0 Å². The molecule has 2 unspecified atom stereocenters. The number of rotatable bonds is 7. The van der Waals surface area contributed by atoms with Crippen LogP contribution in [-0.2, 0) is 4.74 Å². The quantitative estimate of drug-likeness (QED) is 0.680. The summed E-state index contributed by atoms with van der Waals surface area (Å²) in [5, 5.41) is 4.22. The van der Waals surface area contributed by atoms with Crippen LogP contribution in [0.3, 0.4) is 0 Å². The fraction of sp³-hybridized carbons (Fsp3) is 1.00. The lowest BCUT2D eigenvalue weighted by Gasteiger charge is -2.13. The lowest BCUT2D eigenvalue weighted by Crippen LogP contribution is -2.21. The summed E-state index contributed by atoms with van der Waals surface area (Å²) in [6.45, 7) is 9.96. The van der Waals surface area contributed by atoms with E-state index in [1.165, 1.54) is 18.6 Å². The predicted molar refractivity (Wildman–Crippen MR) is 68.6 cm³/mol. The Morgan fingerprint density at radius 3 is 2.87 bits per heavy atom. The Bertz CT molecular complexity index is 164. The zero-order valence-electron chi connectivity index (χ0n) is 10.3.